The molecule has 0 N–H and O–H groups in total. The second-order valence-corrected chi connectivity index (χ2v) is 9.85. The van der Waals surface area contributed by atoms with E-state index in [1.807, 2.05) is 38.1 Å². The number of halogens is 1. The number of piperazine rings is 1. The van der Waals surface area contributed by atoms with E-state index in [4.69, 9.17) is 11.6 Å². The molecule has 2 aromatic rings. The summed E-state index contributed by atoms with van der Waals surface area (Å²) < 4.78 is 25.5. The lowest BCUT2D eigenvalue weighted by molar-refractivity contribution is 0.132. The largest absolute Gasteiger partial charge is 0.300 e. The van der Waals surface area contributed by atoms with Crippen LogP contribution in [0.2, 0.25) is 5.02 Å². The highest BCUT2D eigenvalue weighted by Gasteiger charge is 2.21. The van der Waals surface area contributed by atoms with Crippen molar-refractivity contribution in [2.75, 3.05) is 38.5 Å². The fourth-order valence-electron chi connectivity index (χ4n) is 3.42. The maximum atomic E-state index is 12.7. The molecule has 3 rings (SSSR count). The molecule has 6 heteroatoms. The molecule has 0 amide bonds. The molecule has 1 heterocycles. The molecule has 2 aromatic carbocycles. The van der Waals surface area contributed by atoms with Gasteiger partial charge >= 0.3 is 0 Å². The van der Waals surface area contributed by atoms with Gasteiger partial charge in [0.05, 0.1) is 10.6 Å². The maximum Gasteiger partial charge on any atom is 0.179 e. The summed E-state index contributed by atoms with van der Waals surface area (Å²) >= 11 is 5.94. The average molecular weight is 407 g/mol. The first-order valence-corrected chi connectivity index (χ1v) is 11.4. The molecule has 1 fully saturated rings. The third-order valence-electron chi connectivity index (χ3n) is 5.14. The highest BCUT2D eigenvalue weighted by Crippen LogP contribution is 2.19. The fraction of sp³-hybridized carbons (Fsp3) is 0.429. The van der Waals surface area contributed by atoms with Gasteiger partial charge in [0.15, 0.2) is 9.84 Å². The van der Waals surface area contributed by atoms with Crippen LogP contribution in [0, 0.1) is 13.8 Å². The fourth-order valence-corrected chi connectivity index (χ4v) is 5.19. The van der Waals surface area contributed by atoms with Crippen LogP contribution in [-0.2, 0) is 16.4 Å². The minimum Gasteiger partial charge on any atom is -0.300 e. The Morgan fingerprint density at radius 2 is 1.56 bits per heavy atom. The number of sulfone groups is 1. The Bertz CT molecular complexity index is 874. The van der Waals surface area contributed by atoms with Crippen molar-refractivity contribution in [2.24, 2.45) is 0 Å². The van der Waals surface area contributed by atoms with E-state index in [0.29, 0.717) is 11.4 Å². The Labute approximate surface area is 167 Å². The highest BCUT2D eigenvalue weighted by molar-refractivity contribution is 7.91. The quantitative estimate of drug-likeness (QED) is 0.735. The number of benzene rings is 2. The van der Waals surface area contributed by atoms with E-state index in [9.17, 15) is 8.42 Å². The van der Waals surface area contributed by atoms with E-state index in [1.54, 1.807) is 6.07 Å². The van der Waals surface area contributed by atoms with Gasteiger partial charge in [-0.25, -0.2) is 8.42 Å². The van der Waals surface area contributed by atoms with Crippen molar-refractivity contribution in [1.82, 2.24) is 9.80 Å². The van der Waals surface area contributed by atoms with Gasteiger partial charge in [-0.3, -0.25) is 9.80 Å². The second kappa shape index (κ2) is 8.74. The number of nitrogens with zero attached hydrogens (tertiary/aromatic N) is 2. The van der Waals surface area contributed by atoms with Gasteiger partial charge in [-0.15, -0.1) is 0 Å². The molecule has 0 aliphatic carbocycles. The summed E-state index contributed by atoms with van der Waals surface area (Å²) in [6, 6.07) is 13.6. The summed E-state index contributed by atoms with van der Waals surface area (Å²) in [5.74, 6) is 0.175. The van der Waals surface area contributed by atoms with Crippen molar-refractivity contribution in [3.8, 4) is 0 Å². The zero-order valence-electron chi connectivity index (χ0n) is 16.0. The van der Waals surface area contributed by atoms with Crippen LogP contribution >= 0.6 is 11.6 Å². The van der Waals surface area contributed by atoms with Crippen molar-refractivity contribution in [3.05, 3.63) is 64.2 Å². The van der Waals surface area contributed by atoms with Gasteiger partial charge in [-0.2, -0.15) is 0 Å². The lowest BCUT2D eigenvalue weighted by Crippen LogP contribution is -2.47. The molecule has 0 unspecified atom stereocenters. The zero-order valence-corrected chi connectivity index (χ0v) is 17.6. The minimum absolute atomic E-state index is 0.175. The van der Waals surface area contributed by atoms with E-state index < -0.39 is 9.84 Å². The Balaban J connectivity index is 1.50. The summed E-state index contributed by atoms with van der Waals surface area (Å²) in [6.07, 6.45) is 0. The molecular formula is C21H27ClN2O2S. The normalized spacial score (nSPS) is 16.6. The van der Waals surface area contributed by atoms with Crippen LogP contribution in [0.1, 0.15) is 16.7 Å². The molecule has 146 valence electrons. The van der Waals surface area contributed by atoms with Crippen LogP contribution in [0.25, 0.3) is 0 Å². The van der Waals surface area contributed by atoms with Crippen LogP contribution in [-0.4, -0.2) is 56.7 Å². The van der Waals surface area contributed by atoms with Crippen molar-refractivity contribution in [3.63, 3.8) is 0 Å². The van der Waals surface area contributed by atoms with Gasteiger partial charge in [0.1, 0.15) is 0 Å². The Hall–Kier alpha value is -1.40. The van der Waals surface area contributed by atoms with E-state index in [0.717, 1.165) is 48.9 Å². The topological polar surface area (TPSA) is 40.6 Å². The summed E-state index contributed by atoms with van der Waals surface area (Å²) in [7, 11) is -3.25. The van der Waals surface area contributed by atoms with E-state index in [1.165, 1.54) is 5.56 Å². The van der Waals surface area contributed by atoms with Gasteiger partial charge < -0.3 is 0 Å². The third-order valence-corrected chi connectivity index (χ3v) is 7.22. The second-order valence-electron chi connectivity index (χ2n) is 7.33. The molecular weight excluding hydrogens is 380 g/mol. The molecule has 0 bridgehead atoms. The number of aryl methyl sites for hydroxylation is 2. The van der Waals surface area contributed by atoms with Crippen LogP contribution in [0.15, 0.2) is 47.4 Å². The van der Waals surface area contributed by atoms with E-state index in [-0.39, 0.29) is 5.75 Å². The molecule has 1 aliphatic rings. The molecule has 1 saturated heterocycles. The minimum atomic E-state index is -3.25. The number of hydrogen-bond donors (Lipinski definition) is 0. The summed E-state index contributed by atoms with van der Waals surface area (Å²) in [4.78, 5) is 5.13. The first-order valence-electron chi connectivity index (χ1n) is 9.33. The molecule has 0 aromatic heterocycles. The number of hydrogen-bond acceptors (Lipinski definition) is 4. The van der Waals surface area contributed by atoms with Crippen molar-refractivity contribution in [2.45, 2.75) is 25.3 Å². The summed E-state index contributed by atoms with van der Waals surface area (Å²) in [5.41, 5.74) is 3.06. The highest BCUT2D eigenvalue weighted by atomic mass is 35.5. The van der Waals surface area contributed by atoms with Crippen LogP contribution in [0.3, 0.4) is 0 Å². The molecule has 0 saturated carbocycles. The summed E-state index contributed by atoms with van der Waals surface area (Å²) in [6.45, 7) is 8.99. The van der Waals surface area contributed by atoms with Gasteiger partial charge in [-0.1, -0.05) is 35.9 Å². The predicted octanol–water partition coefficient (Wildman–Crippen LogP) is 3.55. The standard InChI is InChI=1S/C21H27ClN2O2S/c1-17-3-4-18(2)21(15-17)27(25,26)14-13-23-9-11-24(12-10-23)16-19-5-7-20(22)8-6-19/h3-8,15H,9-14,16H2,1-2H3. The smallest absolute Gasteiger partial charge is 0.179 e. The van der Waals surface area contributed by atoms with Gasteiger partial charge in [-0.05, 0) is 48.7 Å². The van der Waals surface area contributed by atoms with Crippen LogP contribution < -0.4 is 0 Å². The summed E-state index contributed by atoms with van der Waals surface area (Å²) in [5, 5.41) is 0.758. The van der Waals surface area contributed by atoms with Gasteiger partial charge in [0, 0.05) is 44.3 Å². The molecule has 27 heavy (non-hydrogen) atoms. The van der Waals surface area contributed by atoms with Gasteiger partial charge in [0.2, 0.25) is 0 Å². The van der Waals surface area contributed by atoms with E-state index in [2.05, 4.69) is 21.9 Å². The Morgan fingerprint density at radius 3 is 2.22 bits per heavy atom. The lowest BCUT2D eigenvalue weighted by Gasteiger charge is -2.34. The SMILES string of the molecule is Cc1ccc(C)c(S(=O)(=O)CCN2CCN(Cc3ccc(Cl)cc3)CC2)c1. The van der Waals surface area contributed by atoms with Gasteiger partial charge in [0.25, 0.3) is 0 Å². The van der Waals surface area contributed by atoms with Crippen LogP contribution in [0.5, 0.6) is 0 Å². The first-order chi connectivity index (χ1) is 12.8. The number of rotatable bonds is 6. The monoisotopic (exact) mass is 406 g/mol. The Morgan fingerprint density at radius 1 is 0.926 bits per heavy atom. The first kappa shape index (κ1) is 20.3. The molecule has 0 atom stereocenters. The maximum absolute atomic E-state index is 12.7. The lowest BCUT2D eigenvalue weighted by atomic mass is 10.2. The molecule has 0 radical (unpaired) electrons. The molecule has 1 aliphatic heterocycles. The van der Waals surface area contributed by atoms with Crippen molar-refractivity contribution in [1.29, 1.82) is 0 Å². The zero-order chi connectivity index (χ0) is 19.4. The molecule has 4 nitrogen and oxygen atoms in total. The van der Waals surface area contributed by atoms with Crippen molar-refractivity contribution >= 4 is 21.4 Å². The predicted molar refractivity (Wildman–Crippen MR) is 111 cm³/mol. The molecule has 0 spiro atoms. The third kappa shape index (κ3) is 5.55. The average Bonchev–Trinajstić information content (AvgIpc) is 2.65. The Kier molecular flexibility index (Phi) is 6.58. The van der Waals surface area contributed by atoms with E-state index >= 15 is 0 Å². The van der Waals surface area contributed by atoms with Crippen molar-refractivity contribution < 1.29 is 8.42 Å². The van der Waals surface area contributed by atoms with Crippen LogP contribution in [0.4, 0.5) is 0 Å².